The molecule has 0 atom stereocenters. The first kappa shape index (κ1) is 17.2. The number of hydrogen-bond acceptors (Lipinski definition) is 9. The molecule has 1 aliphatic rings. The van der Waals surface area contributed by atoms with E-state index in [2.05, 4.69) is 46.6 Å². The fourth-order valence-electron chi connectivity index (χ4n) is 2.98. The number of nitrogens with one attached hydrogen (secondary N) is 2. The van der Waals surface area contributed by atoms with Gasteiger partial charge in [0.15, 0.2) is 0 Å². The van der Waals surface area contributed by atoms with E-state index in [1.165, 1.54) is 6.33 Å². The Morgan fingerprint density at radius 3 is 2.85 bits per heavy atom. The molecule has 10 heteroatoms. The maximum absolute atomic E-state index is 8.94. The average Bonchev–Trinajstić information content (AvgIpc) is 3.14. The van der Waals surface area contributed by atoms with E-state index < -0.39 is 0 Å². The fraction of sp³-hybridized carbons (Fsp3) is 0.353. The molecule has 140 valence electrons. The standard InChI is InChI=1S/C17H21N9O/c27-6-3-20-15-8-17(23-12-22-15)25-4-5-26-14(11-25)7-13(24-26)9-21-16-10-18-1-2-19-16/h1-2,7-8,10,12,27H,3-6,9,11H2,(H,19,21)(H,20,22,23). The SMILES string of the molecule is OCCNc1cc(N2CCn3nc(CNc4cnccn4)cc3C2)ncn1. The van der Waals surface area contributed by atoms with Gasteiger partial charge >= 0.3 is 0 Å². The predicted octanol–water partition coefficient (Wildman–Crippen LogP) is 0.500. The number of fused-ring (bicyclic) bond motifs is 1. The summed E-state index contributed by atoms with van der Waals surface area (Å²) in [4.78, 5) is 19.0. The second-order valence-electron chi connectivity index (χ2n) is 6.13. The highest BCUT2D eigenvalue weighted by molar-refractivity contribution is 5.49. The molecule has 0 saturated carbocycles. The lowest BCUT2D eigenvalue weighted by Crippen LogP contribution is -2.34. The number of hydrogen-bond donors (Lipinski definition) is 3. The topological polar surface area (TPSA) is 117 Å². The third-order valence-corrected chi connectivity index (χ3v) is 4.26. The number of rotatable bonds is 7. The second kappa shape index (κ2) is 7.96. The summed E-state index contributed by atoms with van der Waals surface area (Å²) in [6.45, 7) is 3.47. The van der Waals surface area contributed by atoms with Gasteiger partial charge in [0, 0.05) is 31.5 Å². The summed E-state index contributed by atoms with van der Waals surface area (Å²) in [7, 11) is 0. The Morgan fingerprint density at radius 1 is 1.04 bits per heavy atom. The van der Waals surface area contributed by atoms with E-state index in [1.807, 2.05) is 10.7 Å². The molecule has 0 spiro atoms. The summed E-state index contributed by atoms with van der Waals surface area (Å²) in [5.74, 6) is 2.30. The zero-order chi connectivity index (χ0) is 18.5. The highest BCUT2D eigenvalue weighted by Gasteiger charge is 2.20. The van der Waals surface area contributed by atoms with Crippen LogP contribution >= 0.6 is 0 Å². The van der Waals surface area contributed by atoms with E-state index in [0.717, 1.165) is 42.7 Å². The van der Waals surface area contributed by atoms with Crippen LogP contribution in [0.5, 0.6) is 0 Å². The van der Waals surface area contributed by atoms with Gasteiger partial charge in [-0.25, -0.2) is 15.0 Å². The molecule has 4 rings (SSSR count). The normalized spacial score (nSPS) is 13.3. The maximum Gasteiger partial charge on any atom is 0.144 e. The van der Waals surface area contributed by atoms with E-state index >= 15 is 0 Å². The molecule has 4 heterocycles. The zero-order valence-corrected chi connectivity index (χ0v) is 14.8. The Hall–Kier alpha value is -3.27. The van der Waals surface area contributed by atoms with Crippen molar-refractivity contribution in [3.8, 4) is 0 Å². The van der Waals surface area contributed by atoms with Gasteiger partial charge < -0.3 is 20.6 Å². The van der Waals surface area contributed by atoms with Crippen LogP contribution in [0.4, 0.5) is 17.5 Å². The van der Waals surface area contributed by atoms with E-state index in [9.17, 15) is 0 Å². The lowest BCUT2D eigenvalue weighted by atomic mass is 10.2. The Morgan fingerprint density at radius 2 is 2.00 bits per heavy atom. The summed E-state index contributed by atoms with van der Waals surface area (Å²) in [5, 5.41) is 19.9. The largest absolute Gasteiger partial charge is 0.395 e. The van der Waals surface area contributed by atoms with E-state index in [-0.39, 0.29) is 6.61 Å². The van der Waals surface area contributed by atoms with Crippen LogP contribution in [0.25, 0.3) is 0 Å². The fourth-order valence-corrected chi connectivity index (χ4v) is 2.98. The third-order valence-electron chi connectivity index (χ3n) is 4.26. The van der Waals surface area contributed by atoms with Gasteiger partial charge in [-0.15, -0.1) is 0 Å². The Balaban J connectivity index is 1.42. The summed E-state index contributed by atoms with van der Waals surface area (Å²) < 4.78 is 2.04. The smallest absolute Gasteiger partial charge is 0.144 e. The van der Waals surface area contributed by atoms with Crippen molar-refractivity contribution in [1.82, 2.24) is 29.7 Å². The van der Waals surface area contributed by atoms with Gasteiger partial charge in [-0.3, -0.25) is 9.67 Å². The monoisotopic (exact) mass is 367 g/mol. The molecular weight excluding hydrogens is 346 g/mol. The quantitative estimate of drug-likeness (QED) is 0.549. The molecule has 0 saturated heterocycles. The molecule has 3 aromatic heterocycles. The Kier molecular flexibility index (Phi) is 5.06. The molecular formula is C17H21N9O. The first-order chi connectivity index (χ1) is 13.3. The van der Waals surface area contributed by atoms with Crippen LogP contribution < -0.4 is 15.5 Å². The summed E-state index contributed by atoms with van der Waals surface area (Å²) in [6, 6.07) is 4.00. The number of aromatic nitrogens is 6. The summed E-state index contributed by atoms with van der Waals surface area (Å²) >= 11 is 0. The lowest BCUT2D eigenvalue weighted by molar-refractivity contribution is 0.311. The van der Waals surface area contributed by atoms with Gasteiger partial charge in [0.25, 0.3) is 0 Å². The lowest BCUT2D eigenvalue weighted by Gasteiger charge is -2.28. The van der Waals surface area contributed by atoms with Crippen LogP contribution in [-0.4, -0.2) is 54.5 Å². The van der Waals surface area contributed by atoms with Gasteiger partial charge in [0.05, 0.1) is 43.8 Å². The van der Waals surface area contributed by atoms with Crippen molar-refractivity contribution in [3.05, 3.63) is 48.4 Å². The van der Waals surface area contributed by atoms with Crippen molar-refractivity contribution in [2.75, 3.05) is 35.2 Å². The maximum atomic E-state index is 8.94. The van der Waals surface area contributed by atoms with Gasteiger partial charge in [0.2, 0.25) is 0 Å². The molecule has 10 nitrogen and oxygen atoms in total. The van der Waals surface area contributed by atoms with Gasteiger partial charge in [-0.05, 0) is 6.07 Å². The molecule has 0 bridgehead atoms. The molecule has 0 fully saturated rings. The number of nitrogens with zero attached hydrogens (tertiary/aromatic N) is 7. The Labute approximate surface area is 156 Å². The third kappa shape index (κ3) is 4.11. The van der Waals surface area contributed by atoms with E-state index in [4.69, 9.17) is 5.11 Å². The minimum Gasteiger partial charge on any atom is -0.395 e. The number of aliphatic hydroxyl groups is 1. The van der Waals surface area contributed by atoms with Crippen LogP contribution in [-0.2, 0) is 19.6 Å². The predicted molar refractivity (Wildman–Crippen MR) is 100 cm³/mol. The zero-order valence-electron chi connectivity index (χ0n) is 14.8. The second-order valence-corrected chi connectivity index (χ2v) is 6.13. The van der Waals surface area contributed by atoms with Crippen molar-refractivity contribution in [2.24, 2.45) is 0 Å². The molecule has 0 amide bonds. The van der Waals surface area contributed by atoms with Crippen LogP contribution in [0, 0.1) is 0 Å². The van der Waals surface area contributed by atoms with E-state index in [0.29, 0.717) is 18.9 Å². The minimum atomic E-state index is 0.0631. The van der Waals surface area contributed by atoms with Gasteiger partial charge in [-0.1, -0.05) is 0 Å². The highest BCUT2D eigenvalue weighted by atomic mass is 16.3. The van der Waals surface area contributed by atoms with Crippen molar-refractivity contribution >= 4 is 17.5 Å². The molecule has 0 aliphatic carbocycles. The Bertz CT molecular complexity index is 883. The summed E-state index contributed by atoms with van der Waals surface area (Å²) in [6.07, 6.45) is 6.53. The van der Waals surface area contributed by atoms with Crippen molar-refractivity contribution in [1.29, 1.82) is 0 Å². The van der Waals surface area contributed by atoms with Crippen LogP contribution in [0.15, 0.2) is 37.1 Å². The first-order valence-corrected chi connectivity index (χ1v) is 8.79. The molecule has 0 radical (unpaired) electrons. The van der Waals surface area contributed by atoms with Crippen LogP contribution in [0.2, 0.25) is 0 Å². The molecule has 0 aromatic carbocycles. The highest BCUT2D eigenvalue weighted by Crippen LogP contribution is 2.21. The number of anilines is 3. The average molecular weight is 367 g/mol. The summed E-state index contributed by atoms with van der Waals surface area (Å²) in [5.41, 5.74) is 2.10. The van der Waals surface area contributed by atoms with Gasteiger partial charge in [-0.2, -0.15) is 5.10 Å². The van der Waals surface area contributed by atoms with Gasteiger partial charge in [0.1, 0.15) is 23.8 Å². The van der Waals surface area contributed by atoms with E-state index in [1.54, 1.807) is 18.6 Å². The first-order valence-electron chi connectivity index (χ1n) is 8.79. The van der Waals surface area contributed by atoms with Crippen molar-refractivity contribution in [3.63, 3.8) is 0 Å². The molecule has 27 heavy (non-hydrogen) atoms. The van der Waals surface area contributed by atoms with Crippen molar-refractivity contribution in [2.45, 2.75) is 19.6 Å². The van der Waals surface area contributed by atoms with Crippen molar-refractivity contribution < 1.29 is 5.11 Å². The van der Waals surface area contributed by atoms with Crippen LogP contribution in [0.1, 0.15) is 11.4 Å². The minimum absolute atomic E-state index is 0.0631. The van der Waals surface area contributed by atoms with Crippen LogP contribution in [0.3, 0.4) is 0 Å². The molecule has 3 N–H and O–H groups in total. The number of aliphatic hydroxyl groups excluding tert-OH is 1. The molecule has 3 aromatic rings. The molecule has 0 unspecified atom stereocenters. The molecule has 1 aliphatic heterocycles.